The molecular weight excluding hydrogens is 306 g/mol. The van der Waals surface area contributed by atoms with E-state index < -0.39 is 0 Å². The molecule has 6 heterocycles. The van der Waals surface area contributed by atoms with E-state index in [-0.39, 0.29) is 11.7 Å². The van der Waals surface area contributed by atoms with Crippen LogP contribution in [0, 0.1) is 5.92 Å². The standard InChI is InChI=1S/C18H19N3O3/c22-17-21(12-18(24-17)11-20-7-4-14(18)5-8-20)16-9-13(10-23-16)15-3-1-2-6-19-15/h1-3,6,9-10,14H,4-5,7-8,11-12H2. The lowest BCUT2D eigenvalue weighted by Gasteiger charge is -2.49. The van der Waals surface area contributed by atoms with Crippen molar-refractivity contribution in [2.75, 3.05) is 31.1 Å². The van der Waals surface area contributed by atoms with E-state index >= 15 is 0 Å². The maximum absolute atomic E-state index is 12.5. The number of carbonyl (C=O) groups excluding carboxylic acids is 1. The molecular formula is C18H19N3O3. The van der Waals surface area contributed by atoms with Gasteiger partial charge in [0.2, 0.25) is 5.88 Å². The van der Waals surface area contributed by atoms with Crippen molar-refractivity contribution >= 4 is 12.0 Å². The maximum atomic E-state index is 12.5. The van der Waals surface area contributed by atoms with Crippen molar-refractivity contribution in [3.63, 3.8) is 0 Å². The minimum absolute atomic E-state index is 0.300. The van der Waals surface area contributed by atoms with E-state index in [9.17, 15) is 4.79 Å². The zero-order chi connectivity index (χ0) is 16.1. The highest BCUT2D eigenvalue weighted by Crippen LogP contribution is 2.43. The van der Waals surface area contributed by atoms with E-state index in [0.717, 1.165) is 43.7 Å². The van der Waals surface area contributed by atoms with Crippen molar-refractivity contribution in [2.24, 2.45) is 5.92 Å². The van der Waals surface area contributed by atoms with Gasteiger partial charge in [-0.3, -0.25) is 9.88 Å². The summed E-state index contributed by atoms with van der Waals surface area (Å²) in [6.07, 6.45) is 5.31. The monoisotopic (exact) mass is 325 g/mol. The smallest absolute Gasteiger partial charge is 0.417 e. The molecule has 2 bridgehead atoms. The fourth-order valence-electron chi connectivity index (χ4n) is 4.32. The summed E-state index contributed by atoms with van der Waals surface area (Å²) in [4.78, 5) is 20.8. The zero-order valence-electron chi connectivity index (χ0n) is 13.4. The molecule has 6 heteroatoms. The molecule has 1 spiro atoms. The number of amides is 1. The lowest BCUT2D eigenvalue weighted by atomic mass is 9.75. The van der Waals surface area contributed by atoms with Crippen LogP contribution < -0.4 is 4.90 Å². The minimum Gasteiger partial charge on any atom is -0.448 e. The van der Waals surface area contributed by atoms with E-state index in [1.807, 2.05) is 24.3 Å². The normalized spacial score (nSPS) is 31.7. The SMILES string of the molecule is O=C1OC2(CN3CCC2CC3)CN1c1cc(-c2ccccn2)co1. The van der Waals surface area contributed by atoms with Crippen LogP contribution >= 0.6 is 0 Å². The van der Waals surface area contributed by atoms with E-state index in [0.29, 0.717) is 18.3 Å². The maximum Gasteiger partial charge on any atom is 0.417 e. The number of ether oxygens (including phenoxy) is 1. The number of piperidine rings is 3. The highest BCUT2D eigenvalue weighted by molar-refractivity contribution is 5.89. The Bertz CT molecular complexity index is 767. The predicted molar refractivity (Wildman–Crippen MR) is 87.7 cm³/mol. The Labute approximate surface area is 140 Å². The summed E-state index contributed by atoms with van der Waals surface area (Å²) in [5.41, 5.74) is 1.33. The van der Waals surface area contributed by atoms with Gasteiger partial charge in [0.25, 0.3) is 0 Å². The van der Waals surface area contributed by atoms with Gasteiger partial charge in [0.15, 0.2) is 0 Å². The third-order valence-electron chi connectivity index (χ3n) is 5.57. The van der Waals surface area contributed by atoms with Crippen LogP contribution in [0.5, 0.6) is 0 Å². The molecule has 0 saturated carbocycles. The molecule has 6 nitrogen and oxygen atoms in total. The summed E-state index contributed by atoms with van der Waals surface area (Å²) in [5, 5.41) is 0. The molecule has 24 heavy (non-hydrogen) atoms. The summed E-state index contributed by atoms with van der Waals surface area (Å²) < 4.78 is 11.5. The van der Waals surface area contributed by atoms with Crippen LogP contribution in [-0.4, -0.2) is 47.8 Å². The van der Waals surface area contributed by atoms with Crippen LogP contribution in [0.1, 0.15) is 12.8 Å². The van der Waals surface area contributed by atoms with Crippen LogP contribution in [0.3, 0.4) is 0 Å². The summed E-state index contributed by atoms with van der Waals surface area (Å²) in [7, 11) is 0. The van der Waals surface area contributed by atoms with Gasteiger partial charge >= 0.3 is 6.09 Å². The molecule has 1 unspecified atom stereocenters. The number of hydrogen-bond donors (Lipinski definition) is 0. The molecule has 6 rings (SSSR count). The largest absolute Gasteiger partial charge is 0.448 e. The lowest BCUT2D eigenvalue weighted by Crippen LogP contribution is -2.61. The molecule has 0 aliphatic carbocycles. The van der Waals surface area contributed by atoms with Crippen molar-refractivity contribution in [3.05, 3.63) is 36.7 Å². The second-order valence-corrected chi connectivity index (χ2v) is 6.96. The number of anilines is 1. The van der Waals surface area contributed by atoms with E-state index in [4.69, 9.17) is 9.15 Å². The Morgan fingerprint density at radius 2 is 2.08 bits per heavy atom. The number of nitrogens with zero attached hydrogens (tertiary/aromatic N) is 3. The molecule has 4 fully saturated rings. The van der Waals surface area contributed by atoms with Gasteiger partial charge in [0.1, 0.15) is 11.9 Å². The number of hydrogen-bond acceptors (Lipinski definition) is 5. The average molecular weight is 325 g/mol. The molecule has 0 radical (unpaired) electrons. The van der Waals surface area contributed by atoms with Gasteiger partial charge in [-0.15, -0.1) is 0 Å². The van der Waals surface area contributed by atoms with E-state index in [1.54, 1.807) is 17.4 Å². The van der Waals surface area contributed by atoms with Gasteiger partial charge in [0.05, 0.1) is 12.2 Å². The average Bonchev–Trinajstić information content (AvgIpc) is 3.22. The highest BCUT2D eigenvalue weighted by atomic mass is 16.6. The van der Waals surface area contributed by atoms with Crippen molar-refractivity contribution in [1.82, 2.24) is 9.88 Å². The Morgan fingerprint density at radius 1 is 1.21 bits per heavy atom. The third-order valence-corrected chi connectivity index (χ3v) is 5.57. The summed E-state index contributed by atoms with van der Waals surface area (Å²) in [5.74, 6) is 0.996. The van der Waals surface area contributed by atoms with Crippen molar-refractivity contribution in [1.29, 1.82) is 0 Å². The van der Waals surface area contributed by atoms with E-state index in [2.05, 4.69) is 9.88 Å². The molecule has 4 aliphatic rings. The van der Waals surface area contributed by atoms with Crippen molar-refractivity contribution < 1.29 is 13.9 Å². The van der Waals surface area contributed by atoms with Crippen molar-refractivity contribution in [3.8, 4) is 11.3 Å². The first-order chi connectivity index (χ1) is 11.7. The number of fused-ring (bicyclic) bond motifs is 2. The van der Waals surface area contributed by atoms with Crippen molar-refractivity contribution in [2.45, 2.75) is 18.4 Å². The van der Waals surface area contributed by atoms with Crippen LogP contribution in [0.15, 0.2) is 41.1 Å². The second kappa shape index (κ2) is 5.08. The molecule has 124 valence electrons. The molecule has 4 aliphatic heterocycles. The zero-order valence-corrected chi connectivity index (χ0v) is 13.4. The number of carbonyl (C=O) groups is 1. The molecule has 2 aromatic rings. The Kier molecular flexibility index (Phi) is 2.97. The Balaban J connectivity index is 1.42. The lowest BCUT2D eigenvalue weighted by molar-refractivity contribution is -0.0881. The van der Waals surface area contributed by atoms with Gasteiger partial charge < -0.3 is 9.15 Å². The summed E-state index contributed by atoms with van der Waals surface area (Å²) in [6.45, 7) is 3.65. The first kappa shape index (κ1) is 14.0. The number of aromatic nitrogens is 1. The van der Waals surface area contributed by atoms with Gasteiger partial charge in [0, 0.05) is 30.3 Å². The Morgan fingerprint density at radius 3 is 2.79 bits per heavy atom. The first-order valence-electron chi connectivity index (χ1n) is 8.46. The number of pyridine rings is 1. The predicted octanol–water partition coefficient (Wildman–Crippen LogP) is 2.76. The molecule has 2 aromatic heterocycles. The fourth-order valence-corrected chi connectivity index (χ4v) is 4.32. The first-order valence-corrected chi connectivity index (χ1v) is 8.46. The minimum atomic E-state index is -0.370. The van der Waals surface area contributed by atoms with Gasteiger partial charge in [-0.1, -0.05) is 6.07 Å². The summed E-state index contributed by atoms with van der Waals surface area (Å²) >= 11 is 0. The number of furan rings is 1. The van der Waals surface area contributed by atoms with Crippen LogP contribution in [0.4, 0.5) is 10.7 Å². The molecule has 4 saturated heterocycles. The molecule has 0 N–H and O–H groups in total. The second-order valence-electron chi connectivity index (χ2n) is 6.96. The third kappa shape index (κ3) is 2.06. The van der Waals surface area contributed by atoms with Gasteiger partial charge in [-0.05, 0) is 38.1 Å². The molecule has 1 atom stereocenters. The summed E-state index contributed by atoms with van der Waals surface area (Å²) in [6, 6.07) is 7.59. The van der Waals surface area contributed by atoms with E-state index in [1.165, 1.54) is 0 Å². The van der Waals surface area contributed by atoms with Crippen LogP contribution in [0.2, 0.25) is 0 Å². The highest BCUT2D eigenvalue weighted by Gasteiger charge is 2.56. The van der Waals surface area contributed by atoms with Gasteiger partial charge in [-0.2, -0.15) is 0 Å². The topological polar surface area (TPSA) is 58.8 Å². The number of rotatable bonds is 2. The molecule has 0 aromatic carbocycles. The quantitative estimate of drug-likeness (QED) is 0.850. The van der Waals surface area contributed by atoms with Crippen LogP contribution in [0.25, 0.3) is 11.3 Å². The Hall–Kier alpha value is -2.34. The van der Waals surface area contributed by atoms with Crippen LogP contribution in [-0.2, 0) is 4.74 Å². The fraction of sp³-hybridized carbons (Fsp3) is 0.444. The van der Waals surface area contributed by atoms with Gasteiger partial charge in [-0.25, -0.2) is 9.69 Å². The molecule has 1 amide bonds.